The highest BCUT2D eigenvalue weighted by Gasteiger charge is 2.36. The lowest BCUT2D eigenvalue weighted by atomic mass is 10.0. The normalized spacial score (nSPS) is 16.0. The molecule has 0 saturated heterocycles. The molecule has 3 N–H and O–H groups in total. The Labute approximate surface area is 265 Å². The zero-order valence-corrected chi connectivity index (χ0v) is 27.3. The van der Waals surface area contributed by atoms with Crippen LogP contribution >= 0.6 is 0 Å². The van der Waals surface area contributed by atoms with Gasteiger partial charge in [0.05, 0.1) is 25.4 Å². The van der Waals surface area contributed by atoms with Crippen molar-refractivity contribution in [1.82, 2.24) is 0 Å². The summed E-state index contributed by atoms with van der Waals surface area (Å²) in [7, 11) is 0. The number of hydrogen-bond acceptors (Lipinski definition) is 7. The van der Waals surface area contributed by atoms with Crippen molar-refractivity contribution in [3.8, 4) is 11.5 Å². The van der Waals surface area contributed by atoms with E-state index in [9.17, 15) is 14.7 Å². The number of carbonyl (C=O) groups is 2. The van der Waals surface area contributed by atoms with Gasteiger partial charge in [0.15, 0.2) is 0 Å². The number of esters is 1. The van der Waals surface area contributed by atoms with Crippen LogP contribution < -0.4 is 15.2 Å². The van der Waals surface area contributed by atoms with Gasteiger partial charge in [0.25, 0.3) is 0 Å². The SMILES string of the molecule is CCCCCCCCOc1ccc(C(=O)OC2(OCCCCCCCC)C=CC(C(=O)O)=CC2)c(OCCCCCCN)c1. The van der Waals surface area contributed by atoms with Crippen molar-refractivity contribution in [2.45, 2.75) is 129 Å². The first-order chi connectivity index (χ1) is 21.4. The number of carbonyl (C=O) groups excluding carboxylic acids is 1. The molecule has 1 aromatic rings. The Bertz CT molecular complexity index is 1020. The summed E-state index contributed by atoms with van der Waals surface area (Å²) in [6.45, 7) is 6.53. The Morgan fingerprint density at radius 2 is 1.39 bits per heavy atom. The smallest absolute Gasteiger partial charge is 0.344 e. The summed E-state index contributed by atoms with van der Waals surface area (Å²) in [5, 5.41) is 9.42. The van der Waals surface area contributed by atoms with Gasteiger partial charge < -0.3 is 29.8 Å². The fourth-order valence-electron chi connectivity index (χ4n) is 5.05. The van der Waals surface area contributed by atoms with E-state index < -0.39 is 17.7 Å². The number of hydrogen-bond donors (Lipinski definition) is 2. The highest BCUT2D eigenvalue weighted by Crippen LogP contribution is 2.32. The van der Waals surface area contributed by atoms with E-state index in [1.165, 1.54) is 57.1 Å². The Kier molecular flexibility index (Phi) is 19.2. The molecule has 2 rings (SSSR count). The van der Waals surface area contributed by atoms with Crippen LogP contribution in [-0.4, -0.2) is 49.2 Å². The van der Waals surface area contributed by atoms with Gasteiger partial charge in [-0.2, -0.15) is 0 Å². The zero-order valence-electron chi connectivity index (χ0n) is 27.3. The minimum Gasteiger partial charge on any atom is -0.493 e. The number of aliphatic carboxylic acids is 1. The van der Waals surface area contributed by atoms with Crippen molar-refractivity contribution in [3.63, 3.8) is 0 Å². The van der Waals surface area contributed by atoms with Crippen LogP contribution in [0.25, 0.3) is 0 Å². The minimum absolute atomic E-state index is 0.115. The first-order valence-electron chi connectivity index (χ1n) is 17.0. The standard InChI is InChI=1S/C36H57NO7/c1-3-5-7-9-12-16-26-41-31-19-20-32(33(29-31)42-27-17-14-11-15-25-37)35(40)44-36(23-21-30(22-24-36)34(38)39)43-28-18-13-10-8-6-4-2/h19-23,29H,3-18,24-28,37H2,1-2H3,(H,38,39). The second-order valence-electron chi connectivity index (χ2n) is 11.6. The maximum Gasteiger partial charge on any atom is 0.344 e. The van der Waals surface area contributed by atoms with Crippen LogP contribution in [0, 0.1) is 0 Å². The van der Waals surface area contributed by atoms with Crippen LogP contribution in [0.1, 0.15) is 133 Å². The molecule has 1 atom stereocenters. The number of ether oxygens (including phenoxy) is 4. The molecule has 0 heterocycles. The number of nitrogens with two attached hydrogens (primary N) is 1. The van der Waals surface area contributed by atoms with E-state index in [1.54, 1.807) is 24.3 Å². The third kappa shape index (κ3) is 14.8. The fourth-order valence-corrected chi connectivity index (χ4v) is 5.05. The van der Waals surface area contributed by atoms with Crippen LogP contribution in [0.5, 0.6) is 11.5 Å². The topological polar surface area (TPSA) is 117 Å². The summed E-state index contributed by atoms with van der Waals surface area (Å²) in [5.74, 6) is -1.96. The van der Waals surface area contributed by atoms with Gasteiger partial charge in [-0.1, -0.05) is 97.0 Å². The highest BCUT2D eigenvalue weighted by atomic mass is 16.7. The molecule has 8 nitrogen and oxygen atoms in total. The molecule has 44 heavy (non-hydrogen) atoms. The maximum atomic E-state index is 13.6. The summed E-state index contributed by atoms with van der Waals surface area (Å²) in [6.07, 6.45) is 22.1. The lowest BCUT2D eigenvalue weighted by Crippen LogP contribution is -2.38. The highest BCUT2D eigenvalue weighted by molar-refractivity contribution is 5.93. The van der Waals surface area contributed by atoms with Crippen LogP contribution in [-0.2, 0) is 14.3 Å². The van der Waals surface area contributed by atoms with Crippen LogP contribution in [0.4, 0.5) is 0 Å². The van der Waals surface area contributed by atoms with Crippen LogP contribution in [0.2, 0.25) is 0 Å². The summed E-state index contributed by atoms with van der Waals surface area (Å²) >= 11 is 0. The van der Waals surface area contributed by atoms with Gasteiger partial charge >= 0.3 is 11.9 Å². The van der Waals surface area contributed by atoms with E-state index in [-0.39, 0.29) is 17.6 Å². The lowest BCUT2D eigenvalue weighted by Gasteiger charge is -2.32. The maximum absolute atomic E-state index is 13.6. The molecule has 0 amide bonds. The van der Waals surface area contributed by atoms with Crippen molar-refractivity contribution >= 4 is 11.9 Å². The van der Waals surface area contributed by atoms with Crippen LogP contribution in [0.15, 0.2) is 42.0 Å². The van der Waals surface area contributed by atoms with E-state index in [0.29, 0.717) is 37.9 Å². The molecule has 8 heteroatoms. The van der Waals surface area contributed by atoms with Crippen molar-refractivity contribution in [2.24, 2.45) is 5.73 Å². The predicted molar refractivity (Wildman–Crippen MR) is 175 cm³/mol. The molecule has 0 fully saturated rings. The van der Waals surface area contributed by atoms with Gasteiger partial charge in [0.2, 0.25) is 5.79 Å². The Hall–Kier alpha value is -2.84. The van der Waals surface area contributed by atoms with E-state index >= 15 is 0 Å². The zero-order chi connectivity index (χ0) is 31.9. The Morgan fingerprint density at radius 1 is 0.795 bits per heavy atom. The minimum atomic E-state index is -1.38. The first kappa shape index (κ1) is 37.3. The largest absolute Gasteiger partial charge is 0.493 e. The van der Waals surface area contributed by atoms with Crippen LogP contribution in [0.3, 0.4) is 0 Å². The van der Waals surface area contributed by atoms with Gasteiger partial charge in [0, 0.05) is 12.5 Å². The molecular weight excluding hydrogens is 558 g/mol. The Morgan fingerprint density at radius 3 is 1.98 bits per heavy atom. The lowest BCUT2D eigenvalue weighted by molar-refractivity contribution is -0.169. The van der Waals surface area contributed by atoms with E-state index in [0.717, 1.165) is 57.8 Å². The second kappa shape index (κ2) is 22.6. The fraction of sp³-hybridized carbons (Fsp3) is 0.667. The van der Waals surface area contributed by atoms with Gasteiger partial charge in [-0.15, -0.1) is 0 Å². The van der Waals surface area contributed by atoms with Gasteiger partial charge in [0.1, 0.15) is 17.1 Å². The molecule has 0 bridgehead atoms. The average molecular weight is 616 g/mol. The molecule has 248 valence electrons. The molecule has 0 spiro atoms. The monoisotopic (exact) mass is 615 g/mol. The molecule has 0 aliphatic heterocycles. The average Bonchev–Trinajstić information content (AvgIpc) is 3.02. The van der Waals surface area contributed by atoms with E-state index in [2.05, 4.69) is 13.8 Å². The van der Waals surface area contributed by atoms with Crippen molar-refractivity contribution < 1.29 is 33.6 Å². The second-order valence-corrected chi connectivity index (χ2v) is 11.6. The molecule has 0 radical (unpaired) electrons. The number of carboxylic acid groups (broad SMARTS) is 1. The summed E-state index contributed by atoms with van der Waals surface area (Å²) < 4.78 is 24.3. The molecule has 1 aromatic carbocycles. The number of carboxylic acids is 1. The predicted octanol–water partition coefficient (Wildman–Crippen LogP) is 8.52. The third-order valence-corrected chi connectivity index (χ3v) is 7.78. The third-order valence-electron chi connectivity index (χ3n) is 7.78. The first-order valence-corrected chi connectivity index (χ1v) is 17.0. The molecule has 1 aliphatic carbocycles. The van der Waals surface area contributed by atoms with E-state index in [1.807, 2.05) is 0 Å². The quantitative estimate of drug-likeness (QED) is 0.0605. The van der Waals surface area contributed by atoms with Crippen molar-refractivity contribution in [3.05, 3.63) is 47.6 Å². The number of rotatable bonds is 26. The number of benzene rings is 1. The van der Waals surface area contributed by atoms with Gasteiger partial charge in [-0.05, 0) is 56.5 Å². The molecule has 1 unspecified atom stereocenters. The van der Waals surface area contributed by atoms with Crippen molar-refractivity contribution in [2.75, 3.05) is 26.4 Å². The van der Waals surface area contributed by atoms with Gasteiger partial charge in [-0.25, -0.2) is 9.59 Å². The van der Waals surface area contributed by atoms with E-state index in [4.69, 9.17) is 24.7 Å². The van der Waals surface area contributed by atoms with Gasteiger partial charge in [-0.3, -0.25) is 0 Å². The Balaban J connectivity index is 2.11. The molecule has 0 saturated carbocycles. The molecule has 0 aromatic heterocycles. The summed E-state index contributed by atoms with van der Waals surface area (Å²) in [5.41, 5.74) is 6.04. The summed E-state index contributed by atoms with van der Waals surface area (Å²) in [6, 6.07) is 5.20. The molecule has 1 aliphatic rings. The number of unbranched alkanes of at least 4 members (excludes halogenated alkanes) is 13. The molecular formula is C36H57NO7. The van der Waals surface area contributed by atoms with Crippen molar-refractivity contribution in [1.29, 1.82) is 0 Å². The summed E-state index contributed by atoms with van der Waals surface area (Å²) in [4.78, 5) is 25.1.